The standard InChI is InChI=1S/C10H18/c1-9-5-3-7-10(9,2)8-4-6-9/h3-8H2,1-2H3. The first kappa shape index (κ1) is 6.69. The van der Waals surface area contributed by atoms with Crippen LogP contribution in [0, 0.1) is 10.8 Å². The predicted octanol–water partition coefficient (Wildman–Crippen LogP) is 3.37. The molecule has 2 rings (SSSR count). The van der Waals surface area contributed by atoms with Crippen molar-refractivity contribution in [2.24, 2.45) is 10.8 Å². The van der Waals surface area contributed by atoms with Crippen LogP contribution in [-0.4, -0.2) is 0 Å². The van der Waals surface area contributed by atoms with E-state index >= 15 is 0 Å². The third-order valence-corrected chi connectivity index (χ3v) is 4.37. The fourth-order valence-corrected chi connectivity index (χ4v) is 3.19. The van der Waals surface area contributed by atoms with Crippen molar-refractivity contribution in [2.75, 3.05) is 0 Å². The Morgan fingerprint density at radius 2 is 1.00 bits per heavy atom. The minimum absolute atomic E-state index is 0.743. The fraction of sp³-hybridized carbons (Fsp3) is 1.00. The summed E-state index contributed by atoms with van der Waals surface area (Å²) >= 11 is 0. The van der Waals surface area contributed by atoms with Crippen LogP contribution in [-0.2, 0) is 0 Å². The van der Waals surface area contributed by atoms with E-state index in [4.69, 9.17) is 0 Å². The molecule has 0 spiro atoms. The summed E-state index contributed by atoms with van der Waals surface area (Å²) in [6, 6.07) is 0. The van der Waals surface area contributed by atoms with E-state index in [1.165, 1.54) is 38.5 Å². The predicted molar refractivity (Wildman–Crippen MR) is 43.9 cm³/mol. The van der Waals surface area contributed by atoms with E-state index in [-0.39, 0.29) is 0 Å². The Bertz CT molecular complexity index is 120. The highest BCUT2D eigenvalue weighted by Crippen LogP contribution is 2.62. The molecule has 0 aromatic carbocycles. The van der Waals surface area contributed by atoms with Gasteiger partial charge in [-0.15, -0.1) is 0 Å². The lowest BCUT2D eigenvalue weighted by molar-refractivity contribution is 0.157. The van der Waals surface area contributed by atoms with Gasteiger partial charge in [-0.3, -0.25) is 0 Å². The molecule has 0 aliphatic heterocycles. The van der Waals surface area contributed by atoms with Crippen molar-refractivity contribution in [3.05, 3.63) is 0 Å². The highest BCUT2D eigenvalue weighted by molar-refractivity contribution is 5.01. The molecule has 0 heterocycles. The van der Waals surface area contributed by atoms with Crippen LogP contribution in [0.3, 0.4) is 0 Å². The van der Waals surface area contributed by atoms with E-state index < -0.39 is 0 Å². The number of hydrogen-bond donors (Lipinski definition) is 0. The van der Waals surface area contributed by atoms with Gasteiger partial charge >= 0.3 is 0 Å². The summed E-state index contributed by atoms with van der Waals surface area (Å²) in [7, 11) is 0. The van der Waals surface area contributed by atoms with Crippen LogP contribution in [0.25, 0.3) is 0 Å². The SMILES string of the molecule is CC12CCCC1(C)CCC2. The van der Waals surface area contributed by atoms with Gasteiger partial charge in [0, 0.05) is 0 Å². The first-order chi connectivity index (χ1) is 4.66. The lowest BCUT2D eigenvalue weighted by Crippen LogP contribution is -2.25. The molecule has 2 fully saturated rings. The largest absolute Gasteiger partial charge is 0.0591 e. The molecular formula is C10H18. The zero-order chi connectivity index (χ0) is 7.24. The lowest BCUT2D eigenvalue weighted by Gasteiger charge is -2.34. The topological polar surface area (TPSA) is 0 Å². The minimum Gasteiger partial charge on any atom is -0.0591 e. The van der Waals surface area contributed by atoms with Gasteiger partial charge in [-0.2, -0.15) is 0 Å². The second kappa shape index (κ2) is 1.78. The number of hydrogen-bond acceptors (Lipinski definition) is 0. The van der Waals surface area contributed by atoms with Crippen LogP contribution >= 0.6 is 0 Å². The molecule has 2 aliphatic carbocycles. The van der Waals surface area contributed by atoms with E-state index in [1.807, 2.05) is 0 Å². The van der Waals surface area contributed by atoms with Gasteiger partial charge in [0.15, 0.2) is 0 Å². The third kappa shape index (κ3) is 0.627. The van der Waals surface area contributed by atoms with Crippen molar-refractivity contribution in [3.8, 4) is 0 Å². The molecule has 0 aromatic heterocycles. The quantitative estimate of drug-likeness (QED) is 0.481. The molecule has 0 atom stereocenters. The van der Waals surface area contributed by atoms with Crippen molar-refractivity contribution >= 4 is 0 Å². The van der Waals surface area contributed by atoms with E-state index in [9.17, 15) is 0 Å². The van der Waals surface area contributed by atoms with Gasteiger partial charge in [0.25, 0.3) is 0 Å². The van der Waals surface area contributed by atoms with Crippen molar-refractivity contribution in [2.45, 2.75) is 52.4 Å². The molecule has 0 unspecified atom stereocenters. The Balaban J connectivity index is 2.30. The van der Waals surface area contributed by atoms with Gasteiger partial charge in [-0.1, -0.05) is 26.7 Å². The highest BCUT2D eigenvalue weighted by atomic mass is 14.6. The summed E-state index contributed by atoms with van der Waals surface area (Å²) in [4.78, 5) is 0. The first-order valence-electron chi connectivity index (χ1n) is 4.66. The fourth-order valence-electron chi connectivity index (χ4n) is 3.19. The van der Waals surface area contributed by atoms with Gasteiger partial charge in [0.1, 0.15) is 0 Å². The maximum absolute atomic E-state index is 2.51. The summed E-state index contributed by atoms with van der Waals surface area (Å²) in [5.41, 5.74) is 1.49. The van der Waals surface area contributed by atoms with Crippen LogP contribution in [0.4, 0.5) is 0 Å². The van der Waals surface area contributed by atoms with Crippen LogP contribution in [0.2, 0.25) is 0 Å². The highest BCUT2D eigenvalue weighted by Gasteiger charge is 2.50. The second-order valence-corrected chi connectivity index (χ2v) is 4.83. The zero-order valence-corrected chi connectivity index (χ0v) is 7.24. The van der Waals surface area contributed by atoms with E-state index in [0.29, 0.717) is 0 Å². The van der Waals surface area contributed by atoms with Crippen molar-refractivity contribution < 1.29 is 0 Å². The van der Waals surface area contributed by atoms with Gasteiger partial charge < -0.3 is 0 Å². The van der Waals surface area contributed by atoms with Gasteiger partial charge in [-0.05, 0) is 36.5 Å². The molecule has 58 valence electrons. The number of fused-ring (bicyclic) bond motifs is 1. The normalized spacial score (nSPS) is 53.4. The average Bonchev–Trinajstić information content (AvgIpc) is 2.20. The van der Waals surface area contributed by atoms with Crippen LogP contribution in [0.5, 0.6) is 0 Å². The van der Waals surface area contributed by atoms with Gasteiger partial charge in [0.2, 0.25) is 0 Å². The molecule has 0 heteroatoms. The molecule has 0 amide bonds. The maximum Gasteiger partial charge on any atom is -0.0272 e. The van der Waals surface area contributed by atoms with E-state index in [2.05, 4.69) is 13.8 Å². The molecule has 0 saturated heterocycles. The molecule has 0 radical (unpaired) electrons. The van der Waals surface area contributed by atoms with Crippen LogP contribution in [0.1, 0.15) is 52.4 Å². The van der Waals surface area contributed by atoms with Gasteiger partial charge in [0.05, 0.1) is 0 Å². The zero-order valence-electron chi connectivity index (χ0n) is 7.24. The minimum atomic E-state index is 0.743. The second-order valence-electron chi connectivity index (χ2n) is 4.83. The molecule has 0 bridgehead atoms. The maximum atomic E-state index is 2.51. The Morgan fingerprint density at radius 1 is 0.700 bits per heavy atom. The van der Waals surface area contributed by atoms with Crippen molar-refractivity contribution in [1.82, 2.24) is 0 Å². The molecule has 10 heavy (non-hydrogen) atoms. The smallest absolute Gasteiger partial charge is 0.0272 e. The third-order valence-electron chi connectivity index (χ3n) is 4.37. The first-order valence-corrected chi connectivity index (χ1v) is 4.66. The summed E-state index contributed by atoms with van der Waals surface area (Å²) in [5, 5.41) is 0. The monoisotopic (exact) mass is 138 g/mol. The Labute approximate surface area is 64.0 Å². The van der Waals surface area contributed by atoms with Gasteiger partial charge in [-0.25, -0.2) is 0 Å². The van der Waals surface area contributed by atoms with Crippen LogP contribution < -0.4 is 0 Å². The lowest BCUT2D eigenvalue weighted by atomic mass is 9.71. The summed E-state index contributed by atoms with van der Waals surface area (Å²) in [6.07, 6.45) is 9.00. The summed E-state index contributed by atoms with van der Waals surface area (Å²) in [5.74, 6) is 0. The Kier molecular flexibility index (Phi) is 1.19. The molecule has 0 aromatic rings. The molecular weight excluding hydrogens is 120 g/mol. The summed E-state index contributed by atoms with van der Waals surface area (Å²) < 4.78 is 0. The molecule has 0 N–H and O–H groups in total. The van der Waals surface area contributed by atoms with Crippen molar-refractivity contribution in [1.29, 1.82) is 0 Å². The summed E-state index contributed by atoms with van der Waals surface area (Å²) in [6.45, 7) is 5.01. The van der Waals surface area contributed by atoms with Crippen molar-refractivity contribution in [3.63, 3.8) is 0 Å². The van der Waals surface area contributed by atoms with Crippen LogP contribution in [0.15, 0.2) is 0 Å². The number of rotatable bonds is 0. The Hall–Kier alpha value is 0. The molecule has 2 aliphatic rings. The average molecular weight is 138 g/mol. The molecule has 2 saturated carbocycles. The Morgan fingerprint density at radius 3 is 1.30 bits per heavy atom. The molecule has 0 nitrogen and oxygen atoms in total. The van der Waals surface area contributed by atoms with E-state index in [1.54, 1.807) is 0 Å². The van der Waals surface area contributed by atoms with E-state index in [0.717, 1.165) is 10.8 Å².